The van der Waals surface area contributed by atoms with Gasteiger partial charge >= 0.3 is 0 Å². The van der Waals surface area contributed by atoms with Crippen molar-refractivity contribution in [2.45, 2.75) is 6.92 Å². The Labute approximate surface area is 74.8 Å². The lowest BCUT2D eigenvalue weighted by molar-refractivity contribution is 0.344. The zero-order chi connectivity index (χ0) is 8.39. The van der Waals surface area contributed by atoms with Gasteiger partial charge in [-0.2, -0.15) is 0 Å². The minimum Gasteiger partial charge on any atom is -0.492 e. The number of hydrogen-bond acceptors (Lipinski definition) is 3. The summed E-state index contributed by atoms with van der Waals surface area (Å²) in [4.78, 5) is 4.23. The van der Waals surface area contributed by atoms with Crippen LogP contribution in [0.15, 0.2) is 23.7 Å². The molecule has 0 saturated carbocycles. The number of fused-ring (bicyclic) bond motifs is 1. The van der Waals surface area contributed by atoms with E-state index in [-0.39, 0.29) is 0 Å². The van der Waals surface area contributed by atoms with Crippen LogP contribution in [0, 0.1) is 0 Å². The molecule has 0 unspecified atom stereocenters. The van der Waals surface area contributed by atoms with Crippen LogP contribution in [0.5, 0.6) is 5.75 Å². The van der Waals surface area contributed by atoms with Crippen LogP contribution in [0.4, 0.5) is 0 Å². The molecule has 0 N–H and O–H groups in total. The van der Waals surface area contributed by atoms with Crippen molar-refractivity contribution in [2.75, 3.05) is 6.61 Å². The molecular weight excluding hydrogens is 170 g/mol. The molecule has 1 aromatic carbocycles. The summed E-state index contributed by atoms with van der Waals surface area (Å²) in [5.41, 5.74) is 2.82. The second kappa shape index (κ2) is 3.11. The molecule has 62 valence electrons. The standard InChI is InChI=1S/C9H9NOS/c1-2-11-7-4-3-5-8-9(7)10-6-12-8/h3-6H,2H2,1H3. The van der Waals surface area contributed by atoms with Crippen LogP contribution < -0.4 is 4.74 Å². The number of benzene rings is 1. The van der Waals surface area contributed by atoms with Crippen LogP contribution in [0.1, 0.15) is 6.92 Å². The number of nitrogens with zero attached hydrogens (tertiary/aromatic N) is 1. The molecule has 3 heteroatoms. The molecule has 1 aromatic heterocycles. The first-order valence-electron chi connectivity index (χ1n) is 3.87. The molecule has 0 atom stereocenters. The van der Waals surface area contributed by atoms with Crippen LogP contribution in [-0.2, 0) is 0 Å². The number of ether oxygens (including phenoxy) is 1. The van der Waals surface area contributed by atoms with Crippen LogP contribution in [0.25, 0.3) is 10.2 Å². The van der Waals surface area contributed by atoms with Gasteiger partial charge in [0.1, 0.15) is 11.3 Å². The van der Waals surface area contributed by atoms with E-state index < -0.39 is 0 Å². The molecule has 0 aliphatic carbocycles. The average molecular weight is 179 g/mol. The smallest absolute Gasteiger partial charge is 0.146 e. The molecule has 12 heavy (non-hydrogen) atoms. The van der Waals surface area contributed by atoms with Crippen LogP contribution in [-0.4, -0.2) is 11.6 Å². The first kappa shape index (κ1) is 7.55. The molecule has 0 aliphatic heterocycles. The van der Waals surface area contributed by atoms with Gasteiger partial charge in [0, 0.05) is 0 Å². The summed E-state index contributed by atoms with van der Waals surface area (Å²) in [6.07, 6.45) is 0. The highest BCUT2D eigenvalue weighted by molar-refractivity contribution is 7.16. The van der Waals surface area contributed by atoms with E-state index >= 15 is 0 Å². The minimum atomic E-state index is 0.691. The summed E-state index contributed by atoms with van der Waals surface area (Å²) in [5.74, 6) is 0.885. The predicted octanol–water partition coefficient (Wildman–Crippen LogP) is 2.70. The van der Waals surface area contributed by atoms with E-state index in [0.717, 1.165) is 11.3 Å². The second-order valence-electron chi connectivity index (χ2n) is 2.39. The van der Waals surface area contributed by atoms with E-state index in [4.69, 9.17) is 4.74 Å². The Morgan fingerprint density at radius 3 is 3.25 bits per heavy atom. The monoisotopic (exact) mass is 179 g/mol. The maximum Gasteiger partial charge on any atom is 0.146 e. The maximum atomic E-state index is 5.42. The molecule has 2 nitrogen and oxygen atoms in total. The molecule has 0 bridgehead atoms. The van der Waals surface area contributed by atoms with Gasteiger partial charge in [-0.3, -0.25) is 0 Å². The quantitative estimate of drug-likeness (QED) is 0.707. The van der Waals surface area contributed by atoms with Gasteiger partial charge in [0.05, 0.1) is 16.8 Å². The molecule has 0 aliphatic rings. The molecule has 0 saturated heterocycles. The van der Waals surface area contributed by atoms with Crippen molar-refractivity contribution in [1.82, 2.24) is 4.98 Å². The lowest BCUT2D eigenvalue weighted by Crippen LogP contribution is -1.91. The van der Waals surface area contributed by atoms with Gasteiger partial charge in [-0.05, 0) is 19.1 Å². The molecule has 2 rings (SSSR count). The van der Waals surface area contributed by atoms with Gasteiger partial charge in [0.25, 0.3) is 0 Å². The summed E-state index contributed by atoms with van der Waals surface area (Å²) >= 11 is 1.64. The normalized spacial score (nSPS) is 10.4. The van der Waals surface area contributed by atoms with Crippen molar-refractivity contribution in [3.8, 4) is 5.75 Å². The summed E-state index contributed by atoms with van der Waals surface area (Å²) in [6, 6.07) is 5.99. The van der Waals surface area contributed by atoms with E-state index in [1.165, 1.54) is 4.70 Å². The third-order valence-electron chi connectivity index (χ3n) is 1.62. The fourth-order valence-electron chi connectivity index (χ4n) is 1.13. The van der Waals surface area contributed by atoms with Gasteiger partial charge < -0.3 is 4.74 Å². The van der Waals surface area contributed by atoms with Gasteiger partial charge in [0.2, 0.25) is 0 Å². The molecule has 0 spiro atoms. The van der Waals surface area contributed by atoms with Crippen molar-refractivity contribution in [2.24, 2.45) is 0 Å². The number of thiazole rings is 1. The van der Waals surface area contributed by atoms with Gasteiger partial charge in [0.15, 0.2) is 0 Å². The van der Waals surface area contributed by atoms with Crippen molar-refractivity contribution in [1.29, 1.82) is 0 Å². The Morgan fingerprint density at radius 1 is 1.50 bits per heavy atom. The molecule has 2 aromatic rings. The number of para-hydroxylation sites is 1. The van der Waals surface area contributed by atoms with Gasteiger partial charge in [-0.15, -0.1) is 11.3 Å². The van der Waals surface area contributed by atoms with Crippen LogP contribution in [0.2, 0.25) is 0 Å². The van der Waals surface area contributed by atoms with Gasteiger partial charge in [-0.25, -0.2) is 4.98 Å². The van der Waals surface area contributed by atoms with Crippen LogP contribution in [0.3, 0.4) is 0 Å². The molecule has 1 heterocycles. The first-order valence-corrected chi connectivity index (χ1v) is 4.75. The Balaban J connectivity index is 2.57. The Bertz CT molecular complexity index is 383. The van der Waals surface area contributed by atoms with E-state index in [0.29, 0.717) is 6.61 Å². The lowest BCUT2D eigenvalue weighted by atomic mass is 10.3. The highest BCUT2D eigenvalue weighted by Gasteiger charge is 2.02. The molecule has 0 fully saturated rings. The van der Waals surface area contributed by atoms with Crippen molar-refractivity contribution in [3.63, 3.8) is 0 Å². The SMILES string of the molecule is CCOc1cccc2scnc12. The number of rotatable bonds is 2. The number of hydrogen-bond donors (Lipinski definition) is 0. The Kier molecular flexibility index (Phi) is 1.96. The molecule has 0 amide bonds. The van der Waals surface area contributed by atoms with E-state index in [1.54, 1.807) is 11.3 Å². The van der Waals surface area contributed by atoms with E-state index in [9.17, 15) is 0 Å². The third-order valence-corrected chi connectivity index (χ3v) is 2.42. The molecular formula is C9H9NOS. The predicted molar refractivity (Wildman–Crippen MR) is 50.8 cm³/mol. The summed E-state index contributed by atoms with van der Waals surface area (Å²) in [6.45, 7) is 2.67. The summed E-state index contributed by atoms with van der Waals surface area (Å²) in [5, 5.41) is 0. The minimum absolute atomic E-state index is 0.691. The lowest BCUT2D eigenvalue weighted by Gasteiger charge is -2.01. The Morgan fingerprint density at radius 2 is 2.42 bits per heavy atom. The largest absolute Gasteiger partial charge is 0.492 e. The van der Waals surface area contributed by atoms with Crippen molar-refractivity contribution >= 4 is 21.6 Å². The first-order chi connectivity index (χ1) is 5.92. The molecule has 0 radical (unpaired) electrons. The summed E-state index contributed by atoms with van der Waals surface area (Å²) < 4.78 is 6.60. The highest BCUT2D eigenvalue weighted by atomic mass is 32.1. The van der Waals surface area contributed by atoms with Crippen molar-refractivity contribution < 1.29 is 4.74 Å². The van der Waals surface area contributed by atoms with Crippen LogP contribution >= 0.6 is 11.3 Å². The second-order valence-corrected chi connectivity index (χ2v) is 3.27. The topological polar surface area (TPSA) is 22.1 Å². The average Bonchev–Trinajstić information content (AvgIpc) is 2.53. The zero-order valence-corrected chi connectivity index (χ0v) is 7.60. The number of aromatic nitrogens is 1. The third kappa shape index (κ3) is 1.16. The Hall–Kier alpha value is -1.09. The van der Waals surface area contributed by atoms with Crippen molar-refractivity contribution in [3.05, 3.63) is 23.7 Å². The maximum absolute atomic E-state index is 5.42. The van der Waals surface area contributed by atoms with Gasteiger partial charge in [-0.1, -0.05) is 6.07 Å². The fraction of sp³-hybridized carbons (Fsp3) is 0.222. The fourth-order valence-corrected chi connectivity index (χ4v) is 1.83. The van der Waals surface area contributed by atoms with E-state index in [1.807, 2.05) is 24.6 Å². The zero-order valence-electron chi connectivity index (χ0n) is 6.78. The highest BCUT2D eigenvalue weighted by Crippen LogP contribution is 2.26. The van der Waals surface area contributed by atoms with E-state index in [2.05, 4.69) is 11.1 Å². The summed E-state index contributed by atoms with van der Waals surface area (Å²) in [7, 11) is 0.